The minimum Gasteiger partial charge on any atom is -0.449 e. The lowest BCUT2D eigenvalue weighted by Crippen LogP contribution is -2.30. The van der Waals surface area contributed by atoms with Gasteiger partial charge in [-0.25, -0.2) is 9.78 Å². The van der Waals surface area contributed by atoms with Gasteiger partial charge in [-0.2, -0.15) is 0 Å². The third-order valence-electron chi connectivity index (χ3n) is 3.37. The van der Waals surface area contributed by atoms with E-state index in [2.05, 4.69) is 10.3 Å². The molecule has 1 aromatic carbocycles. The highest BCUT2D eigenvalue weighted by Crippen LogP contribution is 2.18. The number of Topliss-reactive ketones (excluding diaryl/α,β-unsaturated/α-hetero) is 1. The highest BCUT2D eigenvalue weighted by atomic mass is 32.2. The van der Waals surface area contributed by atoms with Crippen molar-refractivity contribution in [3.05, 3.63) is 53.7 Å². The van der Waals surface area contributed by atoms with E-state index in [1.165, 1.54) is 25.6 Å². The van der Waals surface area contributed by atoms with Gasteiger partial charge in [0.05, 0.1) is 5.56 Å². The van der Waals surface area contributed by atoms with Crippen LogP contribution in [0, 0.1) is 0 Å². The van der Waals surface area contributed by atoms with E-state index < -0.39 is 18.0 Å². The Morgan fingerprint density at radius 3 is 2.64 bits per heavy atom. The fourth-order valence-corrected chi connectivity index (χ4v) is 2.58. The first-order chi connectivity index (χ1) is 11.9. The number of carbonyl (C=O) groups excluding carboxylic acids is 3. The molecule has 2 aromatic rings. The van der Waals surface area contributed by atoms with E-state index in [4.69, 9.17) is 4.74 Å². The van der Waals surface area contributed by atoms with Gasteiger partial charge in [0.2, 0.25) is 0 Å². The minimum atomic E-state index is -0.997. The molecule has 1 N–H and O–H groups in total. The quantitative estimate of drug-likeness (QED) is 0.485. The first-order valence-electron chi connectivity index (χ1n) is 7.54. The maximum Gasteiger partial charge on any atom is 0.341 e. The van der Waals surface area contributed by atoms with Crippen LogP contribution in [0.3, 0.4) is 0 Å². The van der Waals surface area contributed by atoms with Crippen LogP contribution in [-0.2, 0) is 9.53 Å². The van der Waals surface area contributed by atoms with Crippen molar-refractivity contribution in [1.29, 1.82) is 0 Å². The lowest BCUT2D eigenvalue weighted by Gasteiger charge is -2.14. The lowest BCUT2D eigenvalue weighted by atomic mass is 10.1. The van der Waals surface area contributed by atoms with Gasteiger partial charge in [0.25, 0.3) is 5.91 Å². The number of nitrogens with zero attached hydrogens (tertiary/aromatic N) is 1. The number of rotatable bonds is 6. The van der Waals surface area contributed by atoms with Crippen LogP contribution >= 0.6 is 11.8 Å². The number of benzene rings is 1. The SMILES string of the molecule is CSc1ncccc1C(=O)O[C@@H](C)C(=O)Nc1cccc(C(C)=O)c1. The van der Waals surface area contributed by atoms with Gasteiger partial charge in [0, 0.05) is 17.4 Å². The molecule has 6 nitrogen and oxygen atoms in total. The van der Waals surface area contributed by atoms with E-state index in [1.807, 2.05) is 0 Å². The van der Waals surface area contributed by atoms with Crippen LogP contribution in [-0.4, -0.2) is 35.0 Å². The summed E-state index contributed by atoms with van der Waals surface area (Å²) in [5.74, 6) is -1.20. The zero-order valence-corrected chi connectivity index (χ0v) is 14.9. The second-order valence-electron chi connectivity index (χ2n) is 5.23. The van der Waals surface area contributed by atoms with E-state index >= 15 is 0 Å². The van der Waals surface area contributed by atoms with Gasteiger partial charge in [0.1, 0.15) is 5.03 Å². The zero-order chi connectivity index (χ0) is 18.4. The van der Waals surface area contributed by atoms with Crippen LogP contribution in [0.4, 0.5) is 5.69 Å². The highest BCUT2D eigenvalue weighted by Gasteiger charge is 2.21. The summed E-state index contributed by atoms with van der Waals surface area (Å²) in [6.45, 7) is 2.93. The van der Waals surface area contributed by atoms with E-state index in [1.54, 1.807) is 48.9 Å². The van der Waals surface area contributed by atoms with Gasteiger partial charge in [-0.15, -0.1) is 11.8 Å². The number of aromatic nitrogens is 1. The molecule has 0 saturated heterocycles. The van der Waals surface area contributed by atoms with Crippen LogP contribution in [0.25, 0.3) is 0 Å². The average molecular weight is 358 g/mol. The van der Waals surface area contributed by atoms with Crippen molar-refractivity contribution < 1.29 is 19.1 Å². The molecule has 0 fully saturated rings. The van der Waals surface area contributed by atoms with Crippen molar-refractivity contribution in [2.24, 2.45) is 0 Å². The molecule has 1 heterocycles. The van der Waals surface area contributed by atoms with Crippen LogP contribution in [0.5, 0.6) is 0 Å². The molecular weight excluding hydrogens is 340 g/mol. The second-order valence-corrected chi connectivity index (χ2v) is 6.03. The van der Waals surface area contributed by atoms with Gasteiger partial charge in [0.15, 0.2) is 11.9 Å². The number of anilines is 1. The smallest absolute Gasteiger partial charge is 0.341 e. The number of ketones is 1. The molecule has 0 aliphatic rings. The molecular formula is C18H18N2O4S. The van der Waals surface area contributed by atoms with Crippen LogP contribution < -0.4 is 5.32 Å². The van der Waals surface area contributed by atoms with Crippen LogP contribution in [0.15, 0.2) is 47.6 Å². The topological polar surface area (TPSA) is 85.4 Å². The monoisotopic (exact) mass is 358 g/mol. The van der Waals surface area contributed by atoms with Crippen molar-refractivity contribution in [3.63, 3.8) is 0 Å². The van der Waals surface area contributed by atoms with E-state index in [-0.39, 0.29) is 5.78 Å². The molecule has 0 aliphatic heterocycles. The van der Waals surface area contributed by atoms with Gasteiger partial charge < -0.3 is 10.1 Å². The molecule has 7 heteroatoms. The van der Waals surface area contributed by atoms with Gasteiger partial charge >= 0.3 is 5.97 Å². The maximum atomic E-state index is 12.2. The van der Waals surface area contributed by atoms with E-state index in [0.717, 1.165) is 0 Å². The molecule has 0 spiro atoms. The Labute approximate surface area is 150 Å². The van der Waals surface area contributed by atoms with Gasteiger partial charge in [-0.05, 0) is 44.4 Å². The first-order valence-corrected chi connectivity index (χ1v) is 8.76. The fourth-order valence-electron chi connectivity index (χ4n) is 2.05. The van der Waals surface area contributed by atoms with Crippen LogP contribution in [0.2, 0.25) is 0 Å². The highest BCUT2D eigenvalue weighted by molar-refractivity contribution is 7.98. The summed E-state index contributed by atoms with van der Waals surface area (Å²) in [7, 11) is 0. The summed E-state index contributed by atoms with van der Waals surface area (Å²) in [4.78, 5) is 39.9. The number of thioether (sulfide) groups is 1. The minimum absolute atomic E-state index is 0.100. The van der Waals surface area contributed by atoms with Crippen molar-refractivity contribution in [3.8, 4) is 0 Å². The molecule has 0 radical (unpaired) electrons. The summed E-state index contributed by atoms with van der Waals surface area (Å²) in [5.41, 5.74) is 1.27. The molecule has 0 saturated carbocycles. The summed E-state index contributed by atoms with van der Waals surface area (Å²) in [6.07, 6.45) is 2.39. The summed E-state index contributed by atoms with van der Waals surface area (Å²) >= 11 is 1.32. The molecule has 1 atom stereocenters. The predicted octanol–water partition coefficient (Wildman–Crippen LogP) is 3.19. The number of nitrogens with one attached hydrogen (secondary N) is 1. The number of amides is 1. The predicted molar refractivity (Wildman–Crippen MR) is 96.0 cm³/mol. The van der Waals surface area contributed by atoms with Crippen molar-refractivity contribution in [2.45, 2.75) is 25.0 Å². The second kappa shape index (κ2) is 8.43. The largest absolute Gasteiger partial charge is 0.449 e. The molecule has 25 heavy (non-hydrogen) atoms. The van der Waals surface area contributed by atoms with Crippen LogP contribution in [0.1, 0.15) is 34.6 Å². The van der Waals surface area contributed by atoms with Gasteiger partial charge in [-0.1, -0.05) is 12.1 Å². The van der Waals surface area contributed by atoms with Crippen molar-refractivity contribution in [1.82, 2.24) is 4.98 Å². The van der Waals surface area contributed by atoms with E-state index in [9.17, 15) is 14.4 Å². The molecule has 1 amide bonds. The van der Waals surface area contributed by atoms with Crippen molar-refractivity contribution >= 4 is 35.1 Å². The number of hydrogen-bond donors (Lipinski definition) is 1. The fraction of sp³-hybridized carbons (Fsp3) is 0.222. The molecule has 0 bridgehead atoms. The number of esters is 1. The molecule has 2 rings (SSSR count). The summed E-state index contributed by atoms with van der Waals surface area (Å²) in [5, 5.41) is 3.17. The molecule has 130 valence electrons. The molecule has 0 unspecified atom stereocenters. The third-order valence-corrected chi connectivity index (χ3v) is 4.09. The normalized spacial score (nSPS) is 11.5. The average Bonchev–Trinajstić information content (AvgIpc) is 2.61. The number of hydrogen-bond acceptors (Lipinski definition) is 6. The Hall–Kier alpha value is -2.67. The summed E-state index contributed by atoms with van der Waals surface area (Å²) < 4.78 is 5.22. The lowest BCUT2D eigenvalue weighted by molar-refractivity contribution is -0.123. The Kier molecular flexibility index (Phi) is 6.30. The number of ether oxygens (including phenoxy) is 1. The third kappa shape index (κ3) is 4.90. The van der Waals surface area contributed by atoms with E-state index in [0.29, 0.717) is 21.8 Å². The summed E-state index contributed by atoms with van der Waals surface area (Å²) in [6, 6.07) is 9.79. The first kappa shape index (κ1) is 18.7. The standard InChI is InChI=1S/C18H18N2O4S/c1-11(21)13-6-4-7-14(10-13)20-16(22)12(2)24-18(23)15-8-5-9-19-17(15)25-3/h4-10,12H,1-3H3,(H,20,22)/t12-/m0/s1. The Bertz CT molecular complexity index is 807. The Balaban J connectivity index is 2.04. The van der Waals surface area contributed by atoms with Gasteiger partial charge in [-0.3, -0.25) is 9.59 Å². The number of carbonyl (C=O) groups is 3. The number of pyridine rings is 1. The molecule has 1 aromatic heterocycles. The van der Waals surface area contributed by atoms with Crippen molar-refractivity contribution in [2.75, 3.05) is 11.6 Å². The molecule has 0 aliphatic carbocycles. The Morgan fingerprint density at radius 2 is 1.96 bits per heavy atom. The Morgan fingerprint density at radius 1 is 1.20 bits per heavy atom. The zero-order valence-electron chi connectivity index (χ0n) is 14.1. The maximum absolute atomic E-state index is 12.2.